The lowest BCUT2D eigenvalue weighted by Gasteiger charge is -2.29. The molecule has 0 unspecified atom stereocenters. The summed E-state index contributed by atoms with van der Waals surface area (Å²) in [6.45, 7) is 0. The molecule has 1 aromatic rings. The van der Waals surface area contributed by atoms with E-state index in [0.717, 1.165) is 29.4 Å². The number of anilines is 1. The predicted octanol–water partition coefficient (Wildman–Crippen LogP) is 3.16. The normalized spacial score (nSPS) is 26.3. The first-order valence-corrected chi connectivity index (χ1v) is 6.25. The van der Waals surface area contributed by atoms with Crippen LogP contribution < -0.4 is 5.32 Å². The highest BCUT2D eigenvalue weighted by Crippen LogP contribution is 2.23. The third-order valence-corrected chi connectivity index (χ3v) is 3.45. The van der Waals surface area contributed by atoms with Crippen LogP contribution in [-0.2, 0) is 0 Å². The molecule has 3 heteroatoms. The van der Waals surface area contributed by atoms with Gasteiger partial charge in [-0.1, -0.05) is 28.8 Å². The number of halogens is 1. The molecule has 2 N–H and O–H groups in total. The molecule has 0 amide bonds. The average molecular weight is 270 g/mol. The van der Waals surface area contributed by atoms with E-state index in [9.17, 15) is 5.11 Å². The molecule has 1 aromatic carbocycles. The summed E-state index contributed by atoms with van der Waals surface area (Å²) in [4.78, 5) is 0. The Morgan fingerprint density at radius 3 is 2.47 bits per heavy atom. The molecular weight excluding hydrogens is 254 g/mol. The molecule has 82 valence electrons. The van der Waals surface area contributed by atoms with Crippen LogP contribution in [-0.4, -0.2) is 17.3 Å². The first-order valence-electron chi connectivity index (χ1n) is 5.46. The minimum Gasteiger partial charge on any atom is -0.391 e. The molecule has 0 bridgehead atoms. The van der Waals surface area contributed by atoms with Crippen LogP contribution in [0.2, 0.25) is 0 Å². The lowest BCUT2D eigenvalue weighted by molar-refractivity contribution is 0.116. The van der Waals surface area contributed by atoms with E-state index in [1.165, 1.54) is 6.42 Å². The third kappa shape index (κ3) is 2.95. The Kier molecular flexibility index (Phi) is 3.65. The highest BCUT2D eigenvalue weighted by molar-refractivity contribution is 9.10. The van der Waals surface area contributed by atoms with Crippen molar-refractivity contribution in [2.75, 3.05) is 5.32 Å². The quantitative estimate of drug-likeness (QED) is 0.865. The zero-order valence-corrected chi connectivity index (χ0v) is 10.2. The summed E-state index contributed by atoms with van der Waals surface area (Å²) in [6.07, 6.45) is 4.17. The topological polar surface area (TPSA) is 32.3 Å². The molecule has 0 spiro atoms. The summed E-state index contributed by atoms with van der Waals surface area (Å²) >= 11 is 3.41. The maximum absolute atomic E-state index is 9.81. The number of benzene rings is 1. The van der Waals surface area contributed by atoms with E-state index < -0.39 is 0 Å². The van der Waals surface area contributed by atoms with Gasteiger partial charge in [-0.05, 0) is 37.1 Å². The Morgan fingerprint density at radius 2 is 1.80 bits per heavy atom. The number of hydrogen-bond donors (Lipinski definition) is 2. The SMILES string of the molecule is O[C@H]1CCCC[C@@H]1Nc1ccc(Br)cc1. The zero-order chi connectivity index (χ0) is 10.7. The number of aliphatic hydroxyl groups excluding tert-OH is 1. The molecule has 0 radical (unpaired) electrons. The van der Waals surface area contributed by atoms with Crippen molar-refractivity contribution in [2.45, 2.75) is 37.8 Å². The summed E-state index contributed by atoms with van der Waals surface area (Å²) < 4.78 is 1.08. The van der Waals surface area contributed by atoms with E-state index in [4.69, 9.17) is 0 Å². The van der Waals surface area contributed by atoms with Gasteiger partial charge < -0.3 is 10.4 Å². The first-order chi connectivity index (χ1) is 7.25. The van der Waals surface area contributed by atoms with Crippen molar-refractivity contribution in [2.24, 2.45) is 0 Å². The van der Waals surface area contributed by atoms with E-state index in [1.807, 2.05) is 24.3 Å². The highest BCUT2D eigenvalue weighted by atomic mass is 79.9. The molecule has 2 nitrogen and oxygen atoms in total. The van der Waals surface area contributed by atoms with Crippen LogP contribution in [0.4, 0.5) is 5.69 Å². The standard InChI is InChI=1S/C12H16BrNO/c13-9-5-7-10(8-6-9)14-11-3-1-2-4-12(11)15/h5-8,11-12,14-15H,1-4H2/t11-,12-/m0/s1. The van der Waals surface area contributed by atoms with Gasteiger partial charge in [0.25, 0.3) is 0 Å². The molecule has 1 fully saturated rings. The van der Waals surface area contributed by atoms with E-state index >= 15 is 0 Å². The Balaban J connectivity index is 1.98. The lowest BCUT2D eigenvalue weighted by atomic mass is 9.92. The van der Waals surface area contributed by atoms with Gasteiger partial charge in [0.1, 0.15) is 0 Å². The van der Waals surface area contributed by atoms with Gasteiger partial charge >= 0.3 is 0 Å². The minimum atomic E-state index is -0.192. The lowest BCUT2D eigenvalue weighted by Crippen LogP contribution is -2.36. The van der Waals surface area contributed by atoms with Crippen LogP contribution >= 0.6 is 15.9 Å². The van der Waals surface area contributed by atoms with Crippen molar-refractivity contribution >= 4 is 21.6 Å². The van der Waals surface area contributed by atoms with Gasteiger partial charge in [-0.2, -0.15) is 0 Å². The number of hydrogen-bond acceptors (Lipinski definition) is 2. The Morgan fingerprint density at radius 1 is 1.13 bits per heavy atom. The molecule has 1 aliphatic carbocycles. The molecular formula is C12H16BrNO. The van der Waals surface area contributed by atoms with Crippen molar-refractivity contribution in [1.29, 1.82) is 0 Å². The fourth-order valence-electron chi connectivity index (χ4n) is 2.04. The fourth-order valence-corrected chi connectivity index (χ4v) is 2.30. The van der Waals surface area contributed by atoms with Crippen LogP contribution in [0, 0.1) is 0 Å². The van der Waals surface area contributed by atoms with Gasteiger partial charge in [-0.25, -0.2) is 0 Å². The molecule has 1 saturated carbocycles. The summed E-state index contributed by atoms with van der Waals surface area (Å²) in [5.41, 5.74) is 1.09. The second kappa shape index (κ2) is 4.99. The van der Waals surface area contributed by atoms with E-state index in [-0.39, 0.29) is 12.1 Å². The monoisotopic (exact) mass is 269 g/mol. The van der Waals surface area contributed by atoms with Crippen LogP contribution in [0.25, 0.3) is 0 Å². The largest absolute Gasteiger partial charge is 0.391 e. The number of nitrogens with one attached hydrogen (secondary N) is 1. The van der Waals surface area contributed by atoms with E-state index in [2.05, 4.69) is 21.2 Å². The predicted molar refractivity (Wildman–Crippen MR) is 66.0 cm³/mol. The van der Waals surface area contributed by atoms with Gasteiger partial charge in [0.05, 0.1) is 12.1 Å². The average Bonchev–Trinajstić information content (AvgIpc) is 2.25. The van der Waals surface area contributed by atoms with Crippen molar-refractivity contribution in [3.05, 3.63) is 28.7 Å². The smallest absolute Gasteiger partial charge is 0.0741 e. The molecule has 0 saturated heterocycles. The summed E-state index contributed by atoms with van der Waals surface area (Å²) in [5, 5.41) is 13.2. The summed E-state index contributed by atoms with van der Waals surface area (Å²) in [7, 11) is 0. The minimum absolute atomic E-state index is 0.192. The Labute approximate surface area is 98.8 Å². The van der Waals surface area contributed by atoms with Gasteiger partial charge in [0.2, 0.25) is 0 Å². The van der Waals surface area contributed by atoms with Crippen molar-refractivity contribution in [3.63, 3.8) is 0 Å². The van der Waals surface area contributed by atoms with Crippen molar-refractivity contribution in [1.82, 2.24) is 0 Å². The summed E-state index contributed by atoms with van der Waals surface area (Å²) in [6, 6.07) is 8.31. The van der Waals surface area contributed by atoms with Crippen LogP contribution in [0.5, 0.6) is 0 Å². The Hall–Kier alpha value is -0.540. The number of aliphatic hydroxyl groups is 1. The molecule has 0 aromatic heterocycles. The molecule has 0 aliphatic heterocycles. The molecule has 15 heavy (non-hydrogen) atoms. The van der Waals surface area contributed by atoms with Crippen LogP contribution in [0.15, 0.2) is 28.7 Å². The first kappa shape index (κ1) is 11.0. The summed E-state index contributed by atoms with van der Waals surface area (Å²) in [5.74, 6) is 0. The van der Waals surface area contributed by atoms with Crippen molar-refractivity contribution in [3.8, 4) is 0 Å². The second-order valence-electron chi connectivity index (χ2n) is 4.11. The maximum Gasteiger partial charge on any atom is 0.0741 e. The molecule has 0 heterocycles. The maximum atomic E-state index is 9.81. The highest BCUT2D eigenvalue weighted by Gasteiger charge is 2.22. The van der Waals surface area contributed by atoms with Gasteiger partial charge in [-0.15, -0.1) is 0 Å². The van der Waals surface area contributed by atoms with Crippen LogP contribution in [0.3, 0.4) is 0 Å². The second-order valence-corrected chi connectivity index (χ2v) is 5.03. The van der Waals surface area contributed by atoms with E-state index in [1.54, 1.807) is 0 Å². The fraction of sp³-hybridized carbons (Fsp3) is 0.500. The molecule has 2 rings (SSSR count). The molecule has 2 atom stereocenters. The van der Waals surface area contributed by atoms with Gasteiger partial charge in [-0.3, -0.25) is 0 Å². The third-order valence-electron chi connectivity index (χ3n) is 2.93. The van der Waals surface area contributed by atoms with Crippen molar-refractivity contribution < 1.29 is 5.11 Å². The number of rotatable bonds is 2. The zero-order valence-electron chi connectivity index (χ0n) is 8.62. The van der Waals surface area contributed by atoms with Gasteiger partial charge in [0.15, 0.2) is 0 Å². The van der Waals surface area contributed by atoms with Gasteiger partial charge in [0, 0.05) is 10.2 Å². The Bertz CT molecular complexity index is 312. The van der Waals surface area contributed by atoms with E-state index in [0.29, 0.717) is 0 Å². The van der Waals surface area contributed by atoms with Crippen LogP contribution in [0.1, 0.15) is 25.7 Å². The molecule has 1 aliphatic rings.